The van der Waals surface area contributed by atoms with E-state index in [4.69, 9.17) is 10.00 Å². The first-order chi connectivity index (χ1) is 17.5. The van der Waals surface area contributed by atoms with E-state index in [0.29, 0.717) is 22.2 Å². The Hall–Kier alpha value is -4.30. The number of halogens is 2. The molecule has 3 heterocycles. The van der Waals surface area contributed by atoms with Gasteiger partial charge in [0.05, 0.1) is 30.5 Å². The largest absolute Gasteiger partial charge is 0.494 e. The minimum Gasteiger partial charge on any atom is -0.494 e. The fourth-order valence-electron chi connectivity index (χ4n) is 4.00. The third kappa shape index (κ3) is 4.63. The normalized spacial score (nSPS) is 16.4. The summed E-state index contributed by atoms with van der Waals surface area (Å²) < 4.78 is 31.8. The number of carbonyl (C=O) groups excluding carboxylic acids is 1. The fraction of sp³-hybridized carbons (Fsp3) is 0.200. The number of rotatable bonds is 7. The van der Waals surface area contributed by atoms with Gasteiger partial charge in [0.2, 0.25) is 5.13 Å². The molecule has 2 atom stereocenters. The van der Waals surface area contributed by atoms with Crippen LogP contribution in [-0.4, -0.2) is 33.2 Å². The van der Waals surface area contributed by atoms with Crippen molar-refractivity contribution in [3.05, 3.63) is 82.4 Å². The lowest BCUT2D eigenvalue weighted by molar-refractivity contribution is 0.102. The Morgan fingerprint density at radius 1 is 1.17 bits per heavy atom. The van der Waals surface area contributed by atoms with Crippen LogP contribution in [0.25, 0.3) is 11.1 Å². The molecule has 1 aromatic carbocycles. The van der Waals surface area contributed by atoms with Crippen LogP contribution in [-0.2, 0) is 0 Å². The number of ether oxygens (including phenoxy) is 1. The van der Waals surface area contributed by atoms with Gasteiger partial charge in [-0.1, -0.05) is 23.5 Å². The van der Waals surface area contributed by atoms with Crippen LogP contribution in [0.2, 0.25) is 0 Å². The number of hydrogen-bond acceptors (Lipinski definition) is 8. The van der Waals surface area contributed by atoms with Crippen molar-refractivity contribution in [1.82, 2.24) is 20.2 Å². The van der Waals surface area contributed by atoms with Gasteiger partial charge in [-0.25, -0.2) is 8.78 Å². The molecule has 11 heteroatoms. The number of aromatic nitrogens is 4. The lowest BCUT2D eigenvalue weighted by atomic mass is 10.0. The van der Waals surface area contributed by atoms with Crippen molar-refractivity contribution in [1.29, 1.82) is 5.26 Å². The summed E-state index contributed by atoms with van der Waals surface area (Å²) in [5, 5.41) is 21.2. The number of amides is 1. The van der Waals surface area contributed by atoms with Gasteiger partial charge in [-0.15, -0.1) is 10.2 Å². The smallest absolute Gasteiger partial charge is 0.280 e. The minimum atomic E-state index is -2.78. The minimum absolute atomic E-state index is 0.200. The van der Waals surface area contributed by atoms with Gasteiger partial charge >= 0.3 is 0 Å². The van der Waals surface area contributed by atoms with Gasteiger partial charge in [0.15, 0.2) is 0 Å². The standard InChI is InChI=1S/C25H18F2N6O2S/c1-35-21-12-30-20(22(26)27)9-17(21)19-11-29-7-6-15(19)23(34)31-25-33-32-24(36-25)18-8-16(18)14-4-2-13(10-28)3-5-14/h2-7,9,11-12,16,18,22H,8H2,1H3,(H,31,33,34)/t16-,18+/m1/s1. The first kappa shape index (κ1) is 23.4. The number of methoxy groups -OCH3 is 1. The van der Waals surface area contributed by atoms with Gasteiger partial charge in [-0.2, -0.15) is 5.26 Å². The predicted molar refractivity (Wildman–Crippen MR) is 128 cm³/mol. The zero-order chi connectivity index (χ0) is 25.2. The van der Waals surface area contributed by atoms with Gasteiger partial charge in [-0.05, 0) is 42.2 Å². The average molecular weight is 505 g/mol. The Morgan fingerprint density at radius 3 is 2.69 bits per heavy atom. The summed E-state index contributed by atoms with van der Waals surface area (Å²) in [6, 6.07) is 12.3. The first-order valence-corrected chi connectivity index (χ1v) is 11.7. The molecule has 0 spiro atoms. The summed E-state index contributed by atoms with van der Waals surface area (Å²) in [4.78, 5) is 20.9. The molecule has 1 saturated carbocycles. The summed E-state index contributed by atoms with van der Waals surface area (Å²) in [6.45, 7) is 0. The molecule has 36 heavy (non-hydrogen) atoms. The quantitative estimate of drug-likeness (QED) is 0.362. The topological polar surface area (TPSA) is 114 Å². The molecule has 1 amide bonds. The molecule has 3 aromatic heterocycles. The molecule has 180 valence electrons. The van der Waals surface area contributed by atoms with Gasteiger partial charge in [0, 0.05) is 29.4 Å². The van der Waals surface area contributed by atoms with E-state index in [-0.39, 0.29) is 22.8 Å². The van der Waals surface area contributed by atoms with Crippen LogP contribution >= 0.6 is 11.3 Å². The van der Waals surface area contributed by atoms with Crippen LogP contribution in [0.15, 0.2) is 55.0 Å². The van der Waals surface area contributed by atoms with E-state index in [1.807, 2.05) is 12.1 Å². The maximum absolute atomic E-state index is 13.3. The molecule has 8 nitrogen and oxygen atoms in total. The van der Waals surface area contributed by atoms with Crippen molar-refractivity contribution in [2.24, 2.45) is 0 Å². The maximum atomic E-state index is 13.3. The third-order valence-corrected chi connectivity index (χ3v) is 6.90. The number of hydrogen-bond donors (Lipinski definition) is 1. The van der Waals surface area contributed by atoms with Crippen molar-refractivity contribution in [3.8, 4) is 22.9 Å². The molecular weight excluding hydrogens is 486 g/mol. The van der Waals surface area contributed by atoms with Crippen LogP contribution in [0.5, 0.6) is 5.75 Å². The van der Waals surface area contributed by atoms with Crippen molar-refractivity contribution < 1.29 is 18.3 Å². The van der Waals surface area contributed by atoms with Crippen LogP contribution in [0, 0.1) is 11.3 Å². The summed E-state index contributed by atoms with van der Waals surface area (Å²) in [5.41, 5.74) is 2.13. The van der Waals surface area contributed by atoms with E-state index in [9.17, 15) is 13.6 Å². The molecule has 1 aliphatic rings. The Labute approximate surface area is 208 Å². The van der Waals surface area contributed by atoms with E-state index >= 15 is 0 Å². The number of pyridine rings is 2. The first-order valence-electron chi connectivity index (χ1n) is 10.9. The van der Waals surface area contributed by atoms with Crippen molar-refractivity contribution >= 4 is 22.4 Å². The Balaban J connectivity index is 1.35. The highest BCUT2D eigenvalue weighted by Crippen LogP contribution is 2.55. The summed E-state index contributed by atoms with van der Waals surface area (Å²) in [7, 11) is 1.39. The molecule has 1 N–H and O–H groups in total. The zero-order valence-electron chi connectivity index (χ0n) is 18.9. The maximum Gasteiger partial charge on any atom is 0.280 e. The van der Waals surface area contributed by atoms with Crippen molar-refractivity contribution in [2.75, 3.05) is 12.4 Å². The predicted octanol–water partition coefficient (Wildman–Crippen LogP) is 5.34. The number of benzene rings is 1. The number of nitrogens with one attached hydrogen (secondary N) is 1. The summed E-state index contributed by atoms with van der Waals surface area (Å²) >= 11 is 1.29. The van der Waals surface area contributed by atoms with E-state index in [0.717, 1.165) is 17.0 Å². The lowest BCUT2D eigenvalue weighted by Crippen LogP contribution is -2.13. The number of nitrogens with zero attached hydrogens (tertiary/aromatic N) is 5. The monoisotopic (exact) mass is 504 g/mol. The lowest BCUT2D eigenvalue weighted by Gasteiger charge is -2.13. The summed E-state index contributed by atoms with van der Waals surface area (Å²) in [6.07, 6.45) is 2.19. The van der Waals surface area contributed by atoms with Crippen LogP contribution < -0.4 is 10.1 Å². The van der Waals surface area contributed by atoms with E-state index in [1.165, 1.54) is 49.2 Å². The number of nitriles is 1. The zero-order valence-corrected chi connectivity index (χ0v) is 19.7. The van der Waals surface area contributed by atoms with E-state index in [1.54, 1.807) is 12.1 Å². The summed E-state index contributed by atoms with van der Waals surface area (Å²) in [5.74, 6) is 0.255. The van der Waals surface area contributed by atoms with Crippen LogP contribution in [0.4, 0.5) is 13.9 Å². The second-order valence-electron chi connectivity index (χ2n) is 8.11. The second kappa shape index (κ2) is 9.75. The molecule has 4 aromatic rings. The molecule has 5 rings (SSSR count). The van der Waals surface area contributed by atoms with Crippen molar-refractivity contribution in [3.63, 3.8) is 0 Å². The van der Waals surface area contributed by atoms with Crippen LogP contribution in [0.3, 0.4) is 0 Å². The second-order valence-corrected chi connectivity index (χ2v) is 9.12. The third-order valence-electron chi connectivity index (χ3n) is 5.92. The van der Waals surface area contributed by atoms with E-state index < -0.39 is 18.0 Å². The molecule has 0 saturated heterocycles. The van der Waals surface area contributed by atoms with Crippen LogP contribution in [0.1, 0.15) is 56.9 Å². The molecule has 0 aliphatic heterocycles. The number of carbonyl (C=O) groups is 1. The highest BCUT2D eigenvalue weighted by atomic mass is 32.1. The van der Waals surface area contributed by atoms with Gasteiger partial charge in [0.1, 0.15) is 16.5 Å². The Kier molecular flexibility index (Phi) is 6.35. The number of anilines is 1. The molecule has 1 fully saturated rings. The molecule has 0 radical (unpaired) electrons. The Morgan fingerprint density at radius 2 is 1.97 bits per heavy atom. The SMILES string of the molecule is COc1cnc(C(F)F)cc1-c1cnccc1C(=O)Nc1nnc([C@H]2C[C@@H]2c2ccc(C#N)cc2)s1. The molecule has 1 aliphatic carbocycles. The van der Waals surface area contributed by atoms with Gasteiger partial charge < -0.3 is 4.74 Å². The number of alkyl halides is 2. The molecular formula is C25H18F2N6O2S. The van der Waals surface area contributed by atoms with Gasteiger partial charge in [0.25, 0.3) is 12.3 Å². The fourth-order valence-corrected chi connectivity index (χ4v) is 4.92. The highest BCUT2D eigenvalue weighted by molar-refractivity contribution is 7.15. The highest BCUT2D eigenvalue weighted by Gasteiger charge is 2.42. The van der Waals surface area contributed by atoms with Crippen molar-refractivity contribution in [2.45, 2.75) is 24.7 Å². The van der Waals surface area contributed by atoms with Gasteiger partial charge in [-0.3, -0.25) is 20.1 Å². The molecule has 0 bridgehead atoms. The Bertz CT molecular complexity index is 1470. The molecule has 0 unspecified atom stereocenters. The average Bonchev–Trinajstić information content (AvgIpc) is 3.58. The van der Waals surface area contributed by atoms with E-state index in [2.05, 4.69) is 31.6 Å².